The Labute approximate surface area is 129 Å². The number of ether oxygens (including phenoxy) is 1. The van der Waals surface area contributed by atoms with Gasteiger partial charge in [-0.15, -0.1) is 0 Å². The van der Waals surface area contributed by atoms with E-state index in [0.717, 1.165) is 10.8 Å². The number of aliphatic hydroxyl groups excluding tert-OH is 3. The summed E-state index contributed by atoms with van der Waals surface area (Å²) in [5.41, 5.74) is -1.53. The Balaban J connectivity index is 2.38. The molecule has 0 saturated carbocycles. The van der Waals surface area contributed by atoms with Gasteiger partial charge in [-0.3, -0.25) is 14.3 Å². The van der Waals surface area contributed by atoms with E-state index in [2.05, 4.69) is 0 Å². The largest absolute Gasteiger partial charge is 0.479 e. The molecular weight excluding hydrogens is 403 g/mol. The van der Waals surface area contributed by atoms with Crippen molar-refractivity contribution in [1.82, 2.24) is 9.55 Å². The minimum absolute atomic E-state index is 0.125. The SMILES string of the molecule is O=C(O)[C@H](O)[C@@H]1O[C@H](n2cc(I)c(=O)[nH]c2=O)[C@@H](O)[C@H]1O. The Bertz CT molecular complexity index is 670. The molecule has 0 radical (unpaired) electrons. The van der Waals surface area contributed by atoms with Crippen molar-refractivity contribution in [2.75, 3.05) is 0 Å². The van der Waals surface area contributed by atoms with Crippen LogP contribution in [0, 0.1) is 3.57 Å². The molecule has 21 heavy (non-hydrogen) atoms. The Morgan fingerprint density at radius 3 is 2.57 bits per heavy atom. The van der Waals surface area contributed by atoms with Gasteiger partial charge >= 0.3 is 11.7 Å². The summed E-state index contributed by atoms with van der Waals surface area (Å²) < 4.78 is 6.01. The molecule has 5 N–H and O–H groups in total. The first kappa shape index (κ1) is 16.1. The van der Waals surface area contributed by atoms with Crippen molar-refractivity contribution in [2.24, 2.45) is 0 Å². The van der Waals surface area contributed by atoms with Crippen LogP contribution in [0.1, 0.15) is 6.23 Å². The fraction of sp³-hybridized carbons (Fsp3) is 0.500. The Kier molecular flexibility index (Phi) is 4.48. The topological polar surface area (TPSA) is 162 Å². The van der Waals surface area contributed by atoms with E-state index < -0.39 is 47.9 Å². The van der Waals surface area contributed by atoms with E-state index >= 15 is 0 Å². The van der Waals surface area contributed by atoms with Crippen molar-refractivity contribution in [2.45, 2.75) is 30.6 Å². The van der Waals surface area contributed by atoms with Crippen molar-refractivity contribution in [1.29, 1.82) is 0 Å². The first-order chi connectivity index (χ1) is 9.73. The van der Waals surface area contributed by atoms with Gasteiger partial charge in [-0.25, -0.2) is 9.59 Å². The molecule has 1 aliphatic rings. The summed E-state index contributed by atoms with van der Waals surface area (Å²) in [6.45, 7) is 0. The predicted octanol–water partition coefficient (Wildman–Crippen LogP) is -2.79. The van der Waals surface area contributed by atoms with E-state index in [9.17, 15) is 29.7 Å². The number of carbonyl (C=O) groups is 1. The lowest BCUT2D eigenvalue weighted by molar-refractivity contribution is -0.160. The predicted molar refractivity (Wildman–Crippen MR) is 73.6 cm³/mol. The van der Waals surface area contributed by atoms with Gasteiger partial charge in [0.05, 0.1) is 3.57 Å². The molecule has 0 aromatic carbocycles. The number of carboxylic acid groups (broad SMARTS) is 1. The quantitative estimate of drug-likeness (QED) is 0.332. The van der Waals surface area contributed by atoms with E-state index in [0.29, 0.717) is 0 Å². The fourth-order valence-corrected chi connectivity index (χ4v) is 2.40. The molecule has 2 heterocycles. The summed E-state index contributed by atoms with van der Waals surface area (Å²) in [4.78, 5) is 35.6. The van der Waals surface area contributed by atoms with Gasteiger partial charge in [0.1, 0.15) is 18.3 Å². The number of aliphatic carboxylic acids is 1. The summed E-state index contributed by atoms with van der Waals surface area (Å²) in [5.74, 6) is -1.64. The van der Waals surface area contributed by atoms with Gasteiger partial charge < -0.3 is 25.2 Å². The van der Waals surface area contributed by atoms with E-state index in [4.69, 9.17) is 9.84 Å². The van der Waals surface area contributed by atoms with Gasteiger partial charge in [0.25, 0.3) is 5.56 Å². The highest BCUT2D eigenvalue weighted by Gasteiger charge is 2.49. The Morgan fingerprint density at radius 2 is 2.00 bits per heavy atom. The number of hydrogen-bond acceptors (Lipinski definition) is 7. The maximum absolute atomic E-state index is 11.7. The van der Waals surface area contributed by atoms with Crippen LogP contribution in [0.15, 0.2) is 15.8 Å². The van der Waals surface area contributed by atoms with Crippen LogP contribution in [0.4, 0.5) is 0 Å². The highest BCUT2D eigenvalue weighted by Crippen LogP contribution is 2.30. The van der Waals surface area contributed by atoms with Gasteiger partial charge in [-0.05, 0) is 22.6 Å². The smallest absolute Gasteiger partial charge is 0.335 e. The molecule has 11 heteroatoms. The number of halogens is 1. The molecule has 1 aliphatic heterocycles. The van der Waals surface area contributed by atoms with E-state index in [1.54, 1.807) is 22.6 Å². The number of aromatic amines is 1. The number of carboxylic acids is 1. The molecule has 0 amide bonds. The average Bonchev–Trinajstić information content (AvgIpc) is 2.70. The third-order valence-electron chi connectivity index (χ3n) is 3.04. The zero-order valence-corrected chi connectivity index (χ0v) is 12.4. The summed E-state index contributed by atoms with van der Waals surface area (Å²) >= 11 is 1.65. The van der Waals surface area contributed by atoms with Gasteiger partial charge in [0.2, 0.25) is 0 Å². The summed E-state index contributed by atoms with van der Waals surface area (Å²) in [5, 5.41) is 37.7. The molecule has 1 aromatic rings. The lowest BCUT2D eigenvalue weighted by atomic mass is 10.1. The van der Waals surface area contributed by atoms with Crippen molar-refractivity contribution in [3.05, 3.63) is 30.6 Å². The van der Waals surface area contributed by atoms with Crippen LogP contribution in [-0.4, -0.2) is 60.4 Å². The highest BCUT2D eigenvalue weighted by molar-refractivity contribution is 14.1. The van der Waals surface area contributed by atoms with Crippen molar-refractivity contribution in [3.8, 4) is 0 Å². The second kappa shape index (κ2) is 5.84. The van der Waals surface area contributed by atoms with Crippen LogP contribution in [0.3, 0.4) is 0 Å². The van der Waals surface area contributed by atoms with Crippen LogP contribution in [-0.2, 0) is 9.53 Å². The average molecular weight is 414 g/mol. The highest BCUT2D eigenvalue weighted by atomic mass is 127. The molecule has 1 aromatic heterocycles. The normalized spacial score (nSPS) is 30.3. The molecule has 2 rings (SSSR count). The van der Waals surface area contributed by atoms with Gasteiger partial charge in [0.15, 0.2) is 12.3 Å². The number of aromatic nitrogens is 2. The number of nitrogens with one attached hydrogen (secondary N) is 1. The summed E-state index contributed by atoms with van der Waals surface area (Å²) in [6.07, 6.45) is -7.38. The molecule has 10 nitrogen and oxygen atoms in total. The van der Waals surface area contributed by atoms with E-state index in [-0.39, 0.29) is 3.57 Å². The number of aliphatic hydroxyl groups is 3. The van der Waals surface area contributed by atoms with Gasteiger partial charge in [0, 0.05) is 6.20 Å². The zero-order valence-electron chi connectivity index (χ0n) is 10.2. The third-order valence-corrected chi connectivity index (χ3v) is 3.81. The number of rotatable bonds is 3. The number of nitrogens with zero attached hydrogens (tertiary/aromatic N) is 1. The van der Waals surface area contributed by atoms with Crippen molar-refractivity contribution < 1.29 is 30.0 Å². The van der Waals surface area contributed by atoms with Crippen molar-refractivity contribution in [3.63, 3.8) is 0 Å². The molecule has 0 aliphatic carbocycles. The molecule has 0 bridgehead atoms. The van der Waals surface area contributed by atoms with Crippen LogP contribution in [0.2, 0.25) is 0 Å². The first-order valence-electron chi connectivity index (χ1n) is 5.67. The molecule has 0 spiro atoms. The molecular formula is C10H11IN2O8. The van der Waals surface area contributed by atoms with Crippen LogP contribution in [0.5, 0.6) is 0 Å². The van der Waals surface area contributed by atoms with Gasteiger partial charge in [-0.1, -0.05) is 0 Å². The minimum Gasteiger partial charge on any atom is -0.479 e. The zero-order chi connectivity index (χ0) is 15.9. The van der Waals surface area contributed by atoms with E-state index in [1.807, 2.05) is 4.98 Å². The molecule has 116 valence electrons. The summed E-state index contributed by atoms with van der Waals surface area (Å²) in [7, 11) is 0. The second-order valence-electron chi connectivity index (χ2n) is 4.40. The molecule has 5 atom stereocenters. The second-order valence-corrected chi connectivity index (χ2v) is 5.56. The van der Waals surface area contributed by atoms with Crippen LogP contribution >= 0.6 is 22.6 Å². The van der Waals surface area contributed by atoms with Crippen LogP contribution < -0.4 is 11.2 Å². The lowest BCUT2D eigenvalue weighted by Crippen LogP contribution is -2.42. The van der Waals surface area contributed by atoms with Gasteiger partial charge in [-0.2, -0.15) is 0 Å². The lowest BCUT2D eigenvalue weighted by Gasteiger charge is -2.18. The number of H-pyrrole nitrogens is 1. The van der Waals surface area contributed by atoms with Crippen molar-refractivity contribution >= 4 is 28.6 Å². The maximum Gasteiger partial charge on any atom is 0.335 e. The Morgan fingerprint density at radius 1 is 1.38 bits per heavy atom. The minimum atomic E-state index is -2.07. The molecule has 1 fully saturated rings. The summed E-state index contributed by atoms with van der Waals surface area (Å²) in [6, 6.07) is 0. The standard InChI is InChI=1S/C10H11IN2O8/c11-2-1-13(10(20)12-7(2)17)8-4(15)3(14)6(21-8)5(16)9(18)19/h1,3-6,8,14-16H,(H,18,19)(H,12,17,20)/t3-,4+,5-,6-,8+/m1/s1. The van der Waals surface area contributed by atoms with Crippen LogP contribution in [0.25, 0.3) is 0 Å². The fourth-order valence-electron chi connectivity index (χ4n) is 1.97. The molecule has 0 unspecified atom stereocenters. The maximum atomic E-state index is 11.7. The first-order valence-corrected chi connectivity index (χ1v) is 6.75. The molecule has 1 saturated heterocycles. The monoisotopic (exact) mass is 414 g/mol. The van der Waals surface area contributed by atoms with E-state index in [1.165, 1.54) is 0 Å². The Hall–Kier alpha value is -1.28. The third kappa shape index (κ3) is 2.87. The number of hydrogen-bond donors (Lipinski definition) is 5.